The quantitative estimate of drug-likeness (QED) is 0.870. The molecule has 2 aromatic heterocycles. The molecule has 0 aliphatic heterocycles. The molecule has 0 saturated carbocycles. The van der Waals surface area contributed by atoms with Crippen molar-refractivity contribution in [2.24, 2.45) is 5.73 Å². The van der Waals surface area contributed by atoms with Crippen LogP contribution in [0, 0.1) is 0 Å². The van der Waals surface area contributed by atoms with Crippen molar-refractivity contribution < 1.29 is 0 Å². The van der Waals surface area contributed by atoms with Gasteiger partial charge in [0.05, 0.1) is 15.6 Å². The predicted molar refractivity (Wildman–Crippen MR) is 62.8 cm³/mol. The third-order valence-electron chi connectivity index (χ3n) is 1.82. The highest BCUT2D eigenvalue weighted by molar-refractivity contribution is 7.14. The van der Waals surface area contributed by atoms with Gasteiger partial charge in [-0.25, -0.2) is 4.98 Å². The minimum atomic E-state index is 0.192. The van der Waals surface area contributed by atoms with Crippen LogP contribution in [0.15, 0.2) is 22.9 Å². The summed E-state index contributed by atoms with van der Waals surface area (Å²) in [4.78, 5) is 5.78. The minimum Gasteiger partial charge on any atom is -0.328 e. The number of nitrogens with zero attached hydrogens (tertiary/aromatic N) is 1. The van der Waals surface area contributed by atoms with E-state index in [1.165, 1.54) is 4.88 Å². The Balaban J connectivity index is 2.18. The maximum Gasteiger partial charge on any atom is 0.0948 e. The summed E-state index contributed by atoms with van der Waals surface area (Å²) < 4.78 is 0. The van der Waals surface area contributed by atoms with E-state index in [0.29, 0.717) is 0 Å². The molecule has 14 heavy (non-hydrogen) atoms. The lowest BCUT2D eigenvalue weighted by atomic mass is 10.3. The molecule has 2 aromatic rings. The zero-order valence-electron chi connectivity index (χ0n) is 7.93. The number of nitrogens with two attached hydrogens (primary N) is 1. The van der Waals surface area contributed by atoms with Gasteiger partial charge in [-0.3, -0.25) is 0 Å². The minimum absolute atomic E-state index is 0.192. The van der Waals surface area contributed by atoms with Crippen LogP contribution in [-0.4, -0.2) is 11.0 Å². The first-order valence-electron chi connectivity index (χ1n) is 4.49. The summed E-state index contributed by atoms with van der Waals surface area (Å²) in [6, 6.07) is 4.33. The monoisotopic (exact) mass is 224 g/mol. The fourth-order valence-electron chi connectivity index (χ4n) is 1.22. The molecule has 0 bridgehead atoms. The van der Waals surface area contributed by atoms with Crippen molar-refractivity contribution in [3.8, 4) is 10.6 Å². The molecule has 4 heteroatoms. The standard InChI is InChI=1S/C10H12N2S2/c1-7(11)5-10-12-8(6-14-10)9-3-2-4-13-9/h2-4,6-7H,5,11H2,1H3. The Bertz CT molecular complexity index is 390. The van der Waals surface area contributed by atoms with Crippen LogP contribution in [0.1, 0.15) is 11.9 Å². The van der Waals surface area contributed by atoms with Crippen LogP contribution in [0.2, 0.25) is 0 Å². The SMILES string of the molecule is CC(N)Cc1nc(-c2cccs2)cs1. The molecule has 0 saturated heterocycles. The summed E-state index contributed by atoms with van der Waals surface area (Å²) >= 11 is 3.41. The van der Waals surface area contributed by atoms with Crippen molar-refractivity contribution in [1.82, 2.24) is 4.98 Å². The van der Waals surface area contributed by atoms with E-state index in [1.54, 1.807) is 22.7 Å². The average Bonchev–Trinajstić information content (AvgIpc) is 2.69. The second-order valence-electron chi connectivity index (χ2n) is 3.29. The van der Waals surface area contributed by atoms with Gasteiger partial charge in [0.1, 0.15) is 0 Å². The van der Waals surface area contributed by atoms with Gasteiger partial charge in [0, 0.05) is 17.8 Å². The van der Waals surface area contributed by atoms with E-state index in [9.17, 15) is 0 Å². The Kier molecular flexibility index (Phi) is 2.96. The largest absolute Gasteiger partial charge is 0.328 e. The van der Waals surface area contributed by atoms with E-state index in [1.807, 2.05) is 13.0 Å². The number of hydrogen-bond acceptors (Lipinski definition) is 4. The number of thiophene rings is 1. The summed E-state index contributed by atoms with van der Waals surface area (Å²) in [5.41, 5.74) is 6.81. The lowest BCUT2D eigenvalue weighted by molar-refractivity contribution is 0.734. The zero-order valence-corrected chi connectivity index (χ0v) is 9.57. The summed E-state index contributed by atoms with van der Waals surface area (Å²) in [6.45, 7) is 2.01. The highest BCUT2D eigenvalue weighted by Crippen LogP contribution is 2.26. The Morgan fingerprint density at radius 3 is 3.00 bits per heavy atom. The molecule has 2 N–H and O–H groups in total. The lowest BCUT2D eigenvalue weighted by Gasteiger charge is -1.98. The van der Waals surface area contributed by atoms with Crippen LogP contribution in [0.4, 0.5) is 0 Å². The van der Waals surface area contributed by atoms with Crippen molar-refractivity contribution in [3.05, 3.63) is 27.9 Å². The van der Waals surface area contributed by atoms with Gasteiger partial charge in [0.25, 0.3) is 0 Å². The fraction of sp³-hybridized carbons (Fsp3) is 0.300. The average molecular weight is 224 g/mol. The maximum atomic E-state index is 5.72. The van der Waals surface area contributed by atoms with Crippen LogP contribution in [0.3, 0.4) is 0 Å². The van der Waals surface area contributed by atoms with Crippen molar-refractivity contribution in [2.45, 2.75) is 19.4 Å². The van der Waals surface area contributed by atoms with Gasteiger partial charge >= 0.3 is 0 Å². The summed E-state index contributed by atoms with van der Waals surface area (Å²) in [5.74, 6) is 0. The molecule has 1 atom stereocenters. The van der Waals surface area contributed by atoms with E-state index in [0.717, 1.165) is 17.1 Å². The molecule has 1 unspecified atom stereocenters. The highest BCUT2D eigenvalue weighted by atomic mass is 32.1. The first-order chi connectivity index (χ1) is 6.75. The summed E-state index contributed by atoms with van der Waals surface area (Å²) in [5, 5.41) is 5.30. The van der Waals surface area contributed by atoms with Gasteiger partial charge in [-0.15, -0.1) is 22.7 Å². The molecular weight excluding hydrogens is 212 g/mol. The van der Waals surface area contributed by atoms with E-state index in [-0.39, 0.29) is 6.04 Å². The third-order valence-corrected chi connectivity index (χ3v) is 3.59. The molecule has 0 spiro atoms. The fourth-order valence-corrected chi connectivity index (χ4v) is 2.92. The smallest absolute Gasteiger partial charge is 0.0948 e. The number of hydrogen-bond donors (Lipinski definition) is 1. The van der Waals surface area contributed by atoms with E-state index in [2.05, 4.69) is 21.8 Å². The molecule has 74 valence electrons. The van der Waals surface area contributed by atoms with Crippen molar-refractivity contribution in [3.63, 3.8) is 0 Å². The molecule has 0 aliphatic carbocycles. The van der Waals surface area contributed by atoms with Crippen LogP contribution >= 0.6 is 22.7 Å². The molecule has 2 nitrogen and oxygen atoms in total. The number of thiazole rings is 1. The second-order valence-corrected chi connectivity index (χ2v) is 5.18. The van der Waals surface area contributed by atoms with Gasteiger partial charge in [0.15, 0.2) is 0 Å². The molecule has 0 amide bonds. The van der Waals surface area contributed by atoms with E-state index < -0.39 is 0 Å². The van der Waals surface area contributed by atoms with Crippen molar-refractivity contribution in [1.29, 1.82) is 0 Å². The Morgan fingerprint density at radius 2 is 2.36 bits per heavy atom. The normalized spacial score (nSPS) is 13.0. The molecule has 2 heterocycles. The molecule has 0 radical (unpaired) electrons. The molecule has 0 aromatic carbocycles. The van der Waals surface area contributed by atoms with Gasteiger partial charge in [-0.1, -0.05) is 6.07 Å². The Labute approximate surface area is 91.4 Å². The summed E-state index contributed by atoms with van der Waals surface area (Å²) in [6.07, 6.45) is 0.871. The van der Waals surface area contributed by atoms with Crippen LogP contribution < -0.4 is 5.73 Å². The van der Waals surface area contributed by atoms with Gasteiger partial charge in [0.2, 0.25) is 0 Å². The Morgan fingerprint density at radius 1 is 1.50 bits per heavy atom. The van der Waals surface area contributed by atoms with E-state index >= 15 is 0 Å². The number of rotatable bonds is 3. The van der Waals surface area contributed by atoms with Gasteiger partial charge < -0.3 is 5.73 Å². The first-order valence-corrected chi connectivity index (χ1v) is 6.25. The van der Waals surface area contributed by atoms with Crippen molar-refractivity contribution >= 4 is 22.7 Å². The molecule has 2 rings (SSSR count). The van der Waals surface area contributed by atoms with Crippen LogP contribution in [0.25, 0.3) is 10.6 Å². The molecule has 0 fully saturated rings. The first kappa shape index (κ1) is 9.83. The topological polar surface area (TPSA) is 38.9 Å². The Hall–Kier alpha value is -0.710. The highest BCUT2D eigenvalue weighted by Gasteiger charge is 2.06. The third kappa shape index (κ3) is 2.20. The van der Waals surface area contributed by atoms with Crippen LogP contribution in [-0.2, 0) is 6.42 Å². The van der Waals surface area contributed by atoms with Crippen LogP contribution in [0.5, 0.6) is 0 Å². The molecular formula is C10H12N2S2. The zero-order chi connectivity index (χ0) is 9.97. The lowest BCUT2D eigenvalue weighted by Crippen LogP contribution is -2.17. The van der Waals surface area contributed by atoms with E-state index in [4.69, 9.17) is 5.73 Å². The number of aromatic nitrogens is 1. The predicted octanol–water partition coefficient (Wildman–Crippen LogP) is 2.76. The summed E-state index contributed by atoms with van der Waals surface area (Å²) in [7, 11) is 0. The molecule has 0 aliphatic rings. The van der Waals surface area contributed by atoms with Crippen molar-refractivity contribution in [2.75, 3.05) is 0 Å². The second kappa shape index (κ2) is 4.21. The maximum absolute atomic E-state index is 5.72. The van der Waals surface area contributed by atoms with Gasteiger partial charge in [-0.2, -0.15) is 0 Å². The van der Waals surface area contributed by atoms with Gasteiger partial charge in [-0.05, 0) is 18.4 Å².